The van der Waals surface area contributed by atoms with Crippen LogP contribution >= 0.6 is 0 Å². The van der Waals surface area contributed by atoms with E-state index in [1.54, 1.807) is 17.2 Å². The predicted octanol–water partition coefficient (Wildman–Crippen LogP) is 1.52. The van der Waals surface area contributed by atoms with Gasteiger partial charge in [-0.15, -0.1) is 0 Å². The summed E-state index contributed by atoms with van der Waals surface area (Å²) < 4.78 is 1.62. The zero-order valence-electron chi connectivity index (χ0n) is 13.8. The number of hydrogen-bond acceptors (Lipinski definition) is 5. The summed E-state index contributed by atoms with van der Waals surface area (Å²) in [7, 11) is 0. The summed E-state index contributed by atoms with van der Waals surface area (Å²) in [4.78, 5) is 27.5. The second-order valence-electron chi connectivity index (χ2n) is 6.52. The molecule has 2 aromatic heterocycles. The van der Waals surface area contributed by atoms with Crippen molar-refractivity contribution in [1.82, 2.24) is 29.6 Å². The molecule has 0 N–H and O–H groups in total. The Morgan fingerprint density at radius 3 is 2.91 bits per heavy atom. The fourth-order valence-electron chi connectivity index (χ4n) is 3.09. The molecule has 1 atom stereocenters. The predicted molar refractivity (Wildman–Crippen MR) is 84.7 cm³/mol. The van der Waals surface area contributed by atoms with Gasteiger partial charge >= 0.3 is 0 Å². The fourth-order valence-corrected chi connectivity index (χ4v) is 3.09. The van der Waals surface area contributed by atoms with Gasteiger partial charge in [0.05, 0.1) is 0 Å². The van der Waals surface area contributed by atoms with Crippen LogP contribution in [0.3, 0.4) is 0 Å². The van der Waals surface area contributed by atoms with Gasteiger partial charge in [-0.3, -0.25) is 4.79 Å². The Labute approximate surface area is 135 Å². The van der Waals surface area contributed by atoms with Crippen molar-refractivity contribution in [2.75, 3.05) is 13.1 Å². The summed E-state index contributed by atoms with van der Waals surface area (Å²) >= 11 is 0. The van der Waals surface area contributed by atoms with Crippen molar-refractivity contribution in [3.05, 3.63) is 36.4 Å². The highest BCUT2D eigenvalue weighted by Gasteiger charge is 2.37. The van der Waals surface area contributed by atoms with Crippen LogP contribution in [0.1, 0.15) is 44.1 Å². The quantitative estimate of drug-likeness (QED) is 0.858. The maximum Gasteiger partial charge on any atom is 0.250 e. The number of rotatable bonds is 3. The van der Waals surface area contributed by atoms with Gasteiger partial charge in [-0.1, -0.05) is 0 Å². The minimum atomic E-state index is -0.736. The van der Waals surface area contributed by atoms with Gasteiger partial charge in [0, 0.05) is 30.9 Å². The van der Waals surface area contributed by atoms with E-state index in [2.05, 4.69) is 20.1 Å². The van der Waals surface area contributed by atoms with Crippen LogP contribution in [-0.2, 0) is 10.3 Å². The van der Waals surface area contributed by atoms with E-state index in [9.17, 15) is 4.79 Å². The van der Waals surface area contributed by atoms with Crippen LogP contribution in [0.4, 0.5) is 0 Å². The Balaban J connectivity index is 1.77. The molecule has 2 aromatic rings. The zero-order valence-corrected chi connectivity index (χ0v) is 13.8. The summed E-state index contributed by atoms with van der Waals surface area (Å²) in [6.07, 6.45) is 6.86. The molecule has 1 aliphatic heterocycles. The first kappa shape index (κ1) is 15.6. The Morgan fingerprint density at radius 2 is 2.22 bits per heavy atom. The van der Waals surface area contributed by atoms with Gasteiger partial charge in [-0.25, -0.2) is 19.6 Å². The number of aryl methyl sites for hydroxylation is 1. The van der Waals surface area contributed by atoms with Crippen LogP contribution in [0.15, 0.2) is 24.9 Å². The molecule has 0 aliphatic carbocycles. The number of aromatic nitrogens is 5. The van der Waals surface area contributed by atoms with Gasteiger partial charge in [-0.05, 0) is 39.7 Å². The Hall–Kier alpha value is -2.31. The van der Waals surface area contributed by atoms with Crippen LogP contribution < -0.4 is 0 Å². The zero-order chi connectivity index (χ0) is 16.4. The Bertz CT molecular complexity index is 682. The smallest absolute Gasteiger partial charge is 0.250 e. The van der Waals surface area contributed by atoms with Crippen LogP contribution in [0, 0.1) is 6.92 Å². The SMILES string of the molecule is Cc1nccc([C@H]2CCCN(C(=O)C(C)(C)n3cncn3)C2)n1. The Morgan fingerprint density at radius 1 is 1.39 bits per heavy atom. The van der Waals surface area contributed by atoms with Crippen molar-refractivity contribution in [2.45, 2.75) is 45.1 Å². The molecule has 1 fully saturated rings. The number of amides is 1. The highest BCUT2D eigenvalue weighted by atomic mass is 16.2. The van der Waals surface area contributed by atoms with Gasteiger partial charge in [0.2, 0.25) is 5.91 Å². The summed E-state index contributed by atoms with van der Waals surface area (Å²) in [5.41, 5.74) is 0.286. The monoisotopic (exact) mass is 314 g/mol. The first-order chi connectivity index (χ1) is 11.0. The first-order valence-corrected chi connectivity index (χ1v) is 7.92. The van der Waals surface area contributed by atoms with Crippen LogP contribution in [0.25, 0.3) is 0 Å². The molecule has 122 valence electrons. The minimum Gasteiger partial charge on any atom is -0.340 e. The molecule has 0 radical (unpaired) electrons. The van der Waals surface area contributed by atoms with Gasteiger partial charge in [-0.2, -0.15) is 5.10 Å². The molecule has 0 unspecified atom stereocenters. The molecule has 0 aromatic carbocycles. The van der Waals surface area contributed by atoms with Gasteiger partial charge in [0.1, 0.15) is 24.0 Å². The van der Waals surface area contributed by atoms with E-state index in [0.29, 0.717) is 6.54 Å². The summed E-state index contributed by atoms with van der Waals surface area (Å²) in [5, 5.41) is 4.13. The third kappa shape index (κ3) is 3.09. The molecule has 0 saturated carbocycles. The lowest BCUT2D eigenvalue weighted by Gasteiger charge is -2.37. The van der Waals surface area contributed by atoms with Gasteiger partial charge in [0.25, 0.3) is 0 Å². The van der Waals surface area contributed by atoms with E-state index >= 15 is 0 Å². The number of nitrogens with zero attached hydrogens (tertiary/aromatic N) is 6. The number of carbonyl (C=O) groups is 1. The maximum absolute atomic E-state index is 13.0. The van der Waals surface area contributed by atoms with Crippen molar-refractivity contribution in [3.63, 3.8) is 0 Å². The lowest BCUT2D eigenvalue weighted by molar-refractivity contribution is -0.141. The van der Waals surface area contributed by atoms with Crippen molar-refractivity contribution in [1.29, 1.82) is 0 Å². The highest BCUT2D eigenvalue weighted by Crippen LogP contribution is 2.28. The third-order valence-electron chi connectivity index (χ3n) is 4.44. The number of carbonyl (C=O) groups excluding carboxylic acids is 1. The summed E-state index contributed by atoms with van der Waals surface area (Å²) in [5.74, 6) is 1.10. The first-order valence-electron chi connectivity index (χ1n) is 7.92. The van der Waals surface area contributed by atoms with E-state index < -0.39 is 5.54 Å². The van der Waals surface area contributed by atoms with E-state index in [-0.39, 0.29) is 11.8 Å². The van der Waals surface area contributed by atoms with Crippen LogP contribution in [-0.4, -0.2) is 48.6 Å². The number of likely N-dealkylation sites (tertiary alicyclic amines) is 1. The van der Waals surface area contributed by atoms with Crippen LogP contribution in [0.5, 0.6) is 0 Å². The molecule has 1 amide bonds. The Kier molecular flexibility index (Phi) is 4.11. The number of hydrogen-bond donors (Lipinski definition) is 0. The van der Waals surface area contributed by atoms with E-state index in [1.807, 2.05) is 31.7 Å². The molecular weight excluding hydrogens is 292 g/mol. The average Bonchev–Trinajstić information content (AvgIpc) is 3.09. The molecular formula is C16H22N6O. The van der Waals surface area contributed by atoms with Crippen LogP contribution in [0.2, 0.25) is 0 Å². The molecule has 1 aliphatic rings. The molecule has 3 heterocycles. The summed E-state index contributed by atoms with van der Waals surface area (Å²) in [6.45, 7) is 7.11. The highest BCUT2D eigenvalue weighted by molar-refractivity contribution is 5.83. The molecule has 3 rings (SSSR count). The van der Waals surface area contributed by atoms with Crippen molar-refractivity contribution in [2.24, 2.45) is 0 Å². The maximum atomic E-state index is 13.0. The van der Waals surface area contributed by atoms with Crippen molar-refractivity contribution >= 4 is 5.91 Å². The summed E-state index contributed by atoms with van der Waals surface area (Å²) in [6, 6.07) is 1.95. The fraction of sp³-hybridized carbons (Fsp3) is 0.562. The molecule has 7 nitrogen and oxygen atoms in total. The third-order valence-corrected chi connectivity index (χ3v) is 4.44. The largest absolute Gasteiger partial charge is 0.340 e. The van der Waals surface area contributed by atoms with E-state index in [4.69, 9.17) is 0 Å². The normalized spacial score (nSPS) is 18.9. The second-order valence-corrected chi connectivity index (χ2v) is 6.52. The number of piperidine rings is 1. The van der Waals surface area contributed by atoms with E-state index in [0.717, 1.165) is 30.9 Å². The minimum absolute atomic E-state index is 0.0680. The molecule has 7 heteroatoms. The topological polar surface area (TPSA) is 76.8 Å². The van der Waals surface area contributed by atoms with Gasteiger partial charge in [0.15, 0.2) is 0 Å². The van der Waals surface area contributed by atoms with Crippen molar-refractivity contribution < 1.29 is 4.79 Å². The molecule has 0 bridgehead atoms. The molecule has 23 heavy (non-hydrogen) atoms. The standard InChI is InChI=1S/C16H22N6O/c1-12-18-7-6-14(20-12)13-5-4-8-21(9-13)15(23)16(2,3)22-11-17-10-19-22/h6-7,10-11,13H,4-5,8-9H2,1-3H3/t13-/m0/s1. The second kappa shape index (κ2) is 6.06. The lowest BCUT2D eigenvalue weighted by atomic mass is 9.92. The average molecular weight is 314 g/mol. The van der Waals surface area contributed by atoms with Gasteiger partial charge < -0.3 is 4.90 Å². The molecule has 1 saturated heterocycles. The van der Waals surface area contributed by atoms with E-state index in [1.165, 1.54) is 6.33 Å². The van der Waals surface area contributed by atoms with Crippen molar-refractivity contribution in [3.8, 4) is 0 Å². The lowest BCUT2D eigenvalue weighted by Crippen LogP contribution is -2.50. The molecule has 0 spiro atoms.